The van der Waals surface area contributed by atoms with E-state index in [1.54, 1.807) is 13.2 Å². The Hall–Kier alpha value is -2.44. The zero-order valence-electron chi connectivity index (χ0n) is 13.5. The summed E-state index contributed by atoms with van der Waals surface area (Å²) in [5.41, 5.74) is 0.713. The normalized spacial score (nSPS) is 18.0. The molecular weight excluding hydrogens is 294 g/mol. The van der Waals surface area contributed by atoms with Crippen molar-refractivity contribution in [3.05, 3.63) is 35.5 Å². The first-order valence-corrected chi connectivity index (χ1v) is 7.85. The van der Waals surface area contributed by atoms with E-state index in [0.717, 1.165) is 31.6 Å². The van der Waals surface area contributed by atoms with Gasteiger partial charge in [-0.15, -0.1) is 0 Å². The first-order valence-electron chi connectivity index (χ1n) is 7.85. The van der Waals surface area contributed by atoms with Gasteiger partial charge in [0.25, 0.3) is 0 Å². The summed E-state index contributed by atoms with van der Waals surface area (Å²) < 4.78 is 5.11. The van der Waals surface area contributed by atoms with Gasteiger partial charge in [0, 0.05) is 12.6 Å². The van der Waals surface area contributed by atoms with Gasteiger partial charge >= 0.3 is 0 Å². The number of pyridine rings is 1. The molecule has 122 valence electrons. The SMILES string of the molecule is COc1cccc(CC(=O)N2CCCC[C@@H]2c2n[nH]c(C)n2)n1. The number of hydrogen-bond acceptors (Lipinski definition) is 5. The average Bonchev–Trinajstić information content (AvgIpc) is 3.01. The molecule has 0 bridgehead atoms. The lowest BCUT2D eigenvalue weighted by atomic mass is 10.0. The number of piperidine rings is 1. The summed E-state index contributed by atoms with van der Waals surface area (Å²) in [4.78, 5) is 23.3. The van der Waals surface area contributed by atoms with Gasteiger partial charge in [0.05, 0.1) is 25.3 Å². The van der Waals surface area contributed by atoms with Crippen molar-refractivity contribution in [1.29, 1.82) is 0 Å². The summed E-state index contributed by atoms with van der Waals surface area (Å²) in [6, 6.07) is 5.41. The van der Waals surface area contributed by atoms with E-state index in [9.17, 15) is 4.79 Å². The van der Waals surface area contributed by atoms with Crippen LogP contribution in [0.3, 0.4) is 0 Å². The first-order chi connectivity index (χ1) is 11.2. The van der Waals surface area contributed by atoms with Crippen LogP contribution in [-0.4, -0.2) is 44.6 Å². The first kappa shape index (κ1) is 15.5. The molecule has 3 rings (SSSR count). The van der Waals surface area contributed by atoms with Crippen LogP contribution in [0.15, 0.2) is 18.2 Å². The molecular formula is C16H21N5O2. The van der Waals surface area contributed by atoms with Crippen LogP contribution in [0.25, 0.3) is 0 Å². The van der Waals surface area contributed by atoms with Crippen LogP contribution in [0.4, 0.5) is 0 Å². The Balaban J connectivity index is 1.75. The second-order valence-electron chi connectivity index (χ2n) is 5.73. The van der Waals surface area contributed by atoms with Crippen LogP contribution in [0, 0.1) is 6.92 Å². The molecule has 7 nitrogen and oxygen atoms in total. The third-order valence-corrected chi connectivity index (χ3v) is 4.06. The number of ether oxygens (including phenoxy) is 1. The maximum absolute atomic E-state index is 12.7. The smallest absolute Gasteiger partial charge is 0.229 e. The molecule has 1 atom stereocenters. The van der Waals surface area contributed by atoms with Crippen LogP contribution in [-0.2, 0) is 11.2 Å². The summed E-state index contributed by atoms with van der Waals surface area (Å²) in [5.74, 6) is 2.05. The number of carbonyl (C=O) groups is 1. The van der Waals surface area contributed by atoms with E-state index < -0.39 is 0 Å². The summed E-state index contributed by atoms with van der Waals surface area (Å²) in [5, 5.41) is 7.10. The van der Waals surface area contributed by atoms with Crippen molar-refractivity contribution in [2.75, 3.05) is 13.7 Å². The lowest BCUT2D eigenvalue weighted by molar-refractivity contribution is -0.134. The van der Waals surface area contributed by atoms with Crippen molar-refractivity contribution >= 4 is 5.91 Å². The third-order valence-electron chi connectivity index (χ3n) is 4.06. The van der Waals surface area contributed by atoms with Crippen molar-refractivity contribution in [2.24, 2.45) is 0 Å². The van der Waals surface area contributed by atoms with Gasteiger partial charge in [0.15, 0.2) is 5.82 Å². The van der Waals surface area contributed by atoms with Crippen molar-refractivity contribution in [3.8, 4) is 5.88 Å². The van der Waals surface area contributed by atoms with Gasteiger partial charge in [0.2, 0.25) is 11.8 Å². The standard InChI is InChI=1S/C16H21N5O2/c1-11-17-16(20-19-11)13-7-3-4-9-21(13)15(22)10-12-6-5-8-14(18-12)23-2/h5-6,8,13H,3-4,7,9-10H2,1-2H3,(H,17,19,20)/t13-/m1/s1. The van der Waals surface area contributed by atoms with Crippen molar-refractivity contribution in [2.45, 2.75) is 38.6 Å². The van der Waals surface area contributed by atoms with Crippen molar-refractivity contribution in [3.63, 3.8) is 0 Å². The molecule has 1 aliphatic rings. The minimum atomic E-state index is -0.0493. The van der Waals surface area contributed by atoms with Crippen molar-refractivity contribution in [1.82, 2.24) is 25.1 Å². The monoisotopic (exact) mass is 315 g/mol. The van der Waals surface area contributed by atoms with Crippen LogP contribution < -0.4 is 4.74 Å². The topological polar surface area (TPSA) is 84.0 Å². The number of carbonyl (C=O) groups excluding carboxylic acids is 1. The Bertz CT molecular complexity index is 685. The molecule has 2 aromatic rings. The fraction of sp³-hybridized carbons (Fsp3) is 0.500. The van der Waals surface area contributed by atoms with Gasteiger partial charge in [0.1, 0.15) is 5.82 Å². The number of rotatable bonds is 4. The summed E-state index contributed by atoms with van der Waals surface area (Å²) in [7, 11) is 1.57. The Morgan fingerprint density at radius 1 is 1.39 bits per heavy atom. The highest BCUT2D eigenvalue weighted by molar-refractivity contribution is 5.78. The molecule has 1 amide bonds. The molecule has 0 aliphatic carbocycles. The molecule has 1 saturated heterocycles. The van der Waals surface area contributed by atoms with Gasteiger partial charge in [-0.25, -0.2) is 9.97 Å². The maximum atomic E-state index is 12.7. The van der Waals surface area contributed by atoms with E-state index in [2.05, 4.69) is 20.2 Å². The van der Waals surface area contributed by atoms with E-state index in [0.29, 0.717) is 17.4 Å². The number of H-pyrrole nitrogens is 1. The Morgan fingerprint density at radius 2 is 2.26 bits per heavy atom. The van der Waals surface area contributed by atoms with Gasteiger partial charge in [-0.3, -0.25) is 9.89 Å². The number of aromatic amines is 1. The zero-order valence-corrected chi connectivity index (χ0v) is 13.5. The molecule has 0 aromatic carbocycles. The molecule has 0 spiro atoms. The van der Waals surface area contributed by atoms with E-state index in [-0.39, 0.29) is 18.4 Å². The summed E-state index contributed by atoms with van der Waals surface area (Å²) in [6.45, 7) is 2.60. The number of aryl methyl sites for hydroxylation is 1. The molecule has 23 heavy (non-hydrogen) atoms. The highest BCUT2D eigenvalue weighted by Gasteiger charge is 2.30. The number of amides is 1. The van der Waals surface area contributed by atoms with Crippen LogP contribution in [0.5, 0.6) is 5.88 Å². The largest absolute Gasteiger partial charge is 0.481 e. The number of hydrogen-bond donors (Lipinski definition) is 1. The Labute approximate surface area is 135 Å². The number of nitrogens with zero attached hydrogens (tertiary/aromatic N) is 4. The van der Waals surface area contributed by atoms with E-state index in [1.807, 2.05) is 24.0 Å². The van der Waals surface area contributed by atoms with E-state index >= 15 is 0 Å². The summed E-state index contributed by atoms with van der Waals surface area (Å²) in [6.07, 6.45) is 3.25. The fourth-order valence-corrected chi connectivity index (χ4v) is 2.93. The van der Waals surface area contributed by atoms with Crippen LogP contribution >= 0.6 is 0 Å². The van der Waals surface area contributed by atoms with E-state index in [1.165, 1.54) is 0 Å². The molecule has 2 aromatic heterocycles. The molecule has 1 N–H and O–H groups in total. The molecule has 7 heteroatoms. The van der Waals surface area contributed by atoms with Crippen LogP contribution in [0.1, 0.15) is 42.6 Å². The Morgan fingerprint density at radius 3 is 3.00 bits per heavy atom. The van der Waals surface area contributed by atoms with Gasteiger partial charge in [-0.2, -0.15) is 5.10 Å². The Kier molecular flexibility index (Phi) is 4.55. The molecule has 0 saturated carbocycles. The number of likely N-dealkylation sites (tertiary alicyclic amines) is 1. The highest BCUT2D eigenvalue weighted by Crippen LogP contribution is 2.29. The molecule has 0 radical (unpaired) electrons. The predicted molar refractivity (Wildman–Crippen MR) is 83.9 cm³/mol. The lowest BCUT2D eigenvalue weighted by Gasteiger charge is -2.34. The second kappa shape index (κ2) is 6.76. The fourth-order valence-electron chi connectivity index (χ4n) is 2.93. The molecule has 0 unspecified atom stereocenters. The lowest BCUT2D eigenvalue weighted by Crippen LogP contribution is -2.40. The average molecular weight is 315 g/mol. The number of methoxy groups -OCH3 is 1. The van der Waals surface area contributed by atoms with Crippen LogP contribution in [0.2, 0.25) is 0 Å². The van der Waals surface area contributed by atoms with Gasteiger partial charge in [-0.1, -0.05) is 6.07 Å². The van der Waals surface area contributed by atoms with Gasteiger partial charge < -0.3 is 9.64 Å². The minimum Gasteiger partial charge on any atom is -0.481 e. The maximum Gasteiger partial charge on any atom is 0.229 e. The quantitative estimate of drug-likeness (QED) is 0.930. The summed E-state index contributed by atoms with van der Waals surface area (Å²) >= 11 is 0. The minimum absolute atomic E-state index is 0.0493. The number of aromatic nitrogens is 4. The molecule has 1 fully saturated rings. The predicted octanol–water partition coefficient (Wildman–Crippen LogP) is 1.81. The number of nitrogens with one attached hydrogen (secondary N) is 1. The molecule has 1 aliphatic heterocycles. The zero-order chi connectivity index (χ0) is 16.2. The highest BCUT2D eigenvalue weighted by atomic mass is 16.5. The van der Waals surface area contributed by atoms with Crippen molar-refractivity contribution < 1.29 is 9.53 Å². The third kappa shape index (κ3) is 3.49. The van der Waals surface area contributed by atoms with Gasteiger partial charge in [-0.05, 0) is 32.3 Å². The second-order valence-corrected chi connectivity index (χ2v) is 5.73. The van der Waals surface area contributed by atoms with E-state index in [4.69, 9.17) is 4.74 Å². The molecule has 3 heterocycles.